The van der Waals surface area contributed by atoms with E-state index in [0.717, 1.165) is 11.1 Å². The van der Waals surface area contributed by atoms with Gasteiger partial charge in [-0.05, 0) is 36.9 Å². The van der Waals surface area contributed by atoms with Crippen LogP contribution >= 0.6 is 23.2 Å². The van der Waals surface area contributed by atoms with Crippen molar-refractivity contribution in [2.75, 3.05) is 7.05 Å². The number of benzene rings is 2. The van der Waals surface area contributed by atoms with Gasteiger partial charge in [-0.1, -0.05) is 35.3 Å². The van der Waals surface area contributed by atoms with Crippen LogP contribution < -0.4 is 10.1 Å². The average Bonchev–Trinajstić information content (AvgIpc) is 2.38. The van der Waals surface area contributed by atoms with Gasteiger partial charge in [0.1, 0.15) is 18.1 Å². The highest BCUT2D eigenvalue weighted by Gasteiger charge is 2.10. The summed E-state index contributed by atoms with van der Waals surface area (Å²) in [6, 6.07) is 10.4. The number of phenolic OH excluding ortho intramolecular Hbond substituents is 1. The molecule has 3 nitrogen and oxygen atoms in total. The standard InChI is InChI=1S/C15H15Cl2NO2/c1-18-8-11-6-12(16)7-14(17)15(11)20-9-10-3-2-4-13(19)5-10/h2-7,18-19H,8-9H2,1H3. The van der Waals surface area contributed by atoms with Crippen LogP contribution in [0.15, 0.2) is 36.4 Å². The number of phenols is 1. The van der Waals surface area contributed by atoms with Crippen molar-refractivity contribution in [3.63, 3.8) is 0 Å². The lowest BCUT2D eigenvalue weighted by atomic mass is 10.2. The van der Waals surface area contributed by atoms with E-state index in [1.165, 1.54) is 0 Å². The molecule has 0 spiro atoms. The fraction of sp³-hybridized carbons (Fsp3) is 0.200. The van der Waals surface area contributed by atoms with Crippen molar-refractivity contribution >= 4 is 23.2 Å². The summed E-state index contributed by atoms with van der Waals surface area (Å²) in [5, 5.41) is 13.5. The first-order chi connectivity index (χ1) is 9.60. The van der Waals surface area contributed by atoms with Gasteiger partial charge in [0.2, 0.25) is 0 Å². The van der Waals surface area contributed by atoms with E-state index in [1.54, 1.807) is 24.3 Å². The molecule has 0 atom stereocenters. The van der Waals surface area contributed by atoms with Crippen molar-refractivity contribution in [2.24, 2.45) is 0 Å². The molecule has 0 bridgehead atoms. The van der Waals surface area contributed by atoms with Crippen LogP contribution in [-0.2, 0) is 13.2 Å². The van der Waals surface area contributed by atoms with Gasteiger partial charge in [0, 0.05) is 17.1 Å². The van der Waals surface area contributed by atoms with Crippen molar-refractivity contribution in [1.82, 2.24) is 5.32 Å². The van der Waals surface area contributed by atoms with E-state index >= 15 is 0 Å². The van der Waals surface area contributed by atoms with E-state index < -0.39 is 0 Å². The van der Waals surface area contributed by atoms with Crippen molar-refractivity contribution < 1.29 is 9.84 Å². The largest absolute Gasteiger partial charge is 0.508 e. The molecule has 5 heteroatoms. The summed E-state index contributed by atoms with van der Waals surface area (Å²) < 4.78 is 5.77. The van der Waals surface area contributed by atoms with Crippen molar-refractivity contribution in [3.8, 4) is 11.5 Å². The first kappa shape index (κ1) is 15.0. The van der Waals surface area contributed by atoms with Gasteiger partial charge in [0.05, 0.1) is 5.02 Å². The molecular weight excluding hydrogens is 297 g/mol. The summed E-state index contributed by atoms with van der Waals surface area (Å²) in [6.07, 6.45) is 0. The molecule has 2 aromatic carbocycles. The monoisotopic (exact) mass is 311 g/mol. The SMILES string of the molecule is CNCc1cc(Cl)cc(Cl)c1OCc1cccc(O)c1. The maximum absolute atomic E-state index is 9.43. The molecule has 0 saturated carbocycles. The number of halogens is 2. The van der Waals surface area contributed by atoms with Crippen LogP contribution in [0, 0.1) is 0 Å². The smallest absolute Gasteiger partial charge is 0.142 e. The summed E-state index contributed by atoms with van der Waals surface area (Å²) in [5.41, 5.74) is 1.76. The molecule has 0 aliphatic heterocycles. The predicted octanol–water partition coefficient (Wildman–Crippen LogP) is 4.00. The Labute approximate surface area is 128 Å². The van der Waals surface area contributed by atoms with Crippen molar-refractivity contribution in [2.45, 2.75) is 13.2 Å². The van der Waals surface area contributed by atoms with Gasteiger partial charge in [-0.25, -0.2) is 0 Å². The summed E-state index contributed by atoms with van der Waals surface area (Å²) in [5.74, 6) is 0.817. The van der Waals surface area contributed by atoms with Crippen LogP contribution in [0.4, 0.5) is 0 Å². The third-order valence-electron chi connectivity index (χ3n) is 2.75. The predicted molar refractivity (Wildman–Crippen MR) is 81.7 cm³/mol. The average molecular weight is 312 g/mol. The molecule has 0 saturated heterocycles. The third-order valence-corrected chi connectivity index (χ3v) is 3.25. The Morgan fingerprint density at radius 3 is 2.70 bits per heavy atom. The molecule has 106 valence electrons. The quantitative estimate of drug-likeness (QED) is 0.877. The van der Waals surface area contributed by atoms with Crippen LogP contribution in [-0.4, -0.2) is 12.2 Å². The molecule has 0 amide bonds. The third kappa shape index (κ3) is 3.79. The Morgan fingerprint density at radius 2 is 2.00 bits per heavy atom. The van der Waals surface area contributed by atoms with Gasteiger partial charge in [-0.15, -0.1) is 0 Å². The summed E-state index contributed by atoms with van der Waals surface area (Å²) >= 11 is 12.2. The lowest BCUT2D eigenvalue weighted by Gasteiger charge is -2.14. The Morgan fingerprint density at radius 1 is 1.20 bits per heavy atom. The molecular formula is C15H15Cl2NO2. The fourth-order valence-corrected chi connectivity index (χ4v) is 2.49. The minimum atomic E-state index is 0.212. The normalized spacial score (nSPS) is 10.6. The van der Waals surface area contributed by atoms with Gasteiger partial charge >= 0.3 is 0 Å². The first-order valence-electron chi connectivity index (χ1n) is 6.13. The Bertz CT molecular complexity index is 602. The maximum atomic E-state index is 9.43. The molecule has 0 fully saturated rings. The number of aromatic hydroxyl groups is 1. The lowest BCUT2D eigenvalue weighted by Crippen LogP contribution is -2.08. The Hall–Kier alpha value is -1.42. The van der Waals surface area contributed by atoms with Gasteiger partial charge < -0.3 is 15.2 Å². The van der Waals surface area contributed by atoms with Gasteiger partial charge in [-0.2, -0.15) is 0 Å². The molecule has 2 aromatic rings. The molecule has 2 N–H and O–H groups in total. The Kier molecular flexibility index (Phi) is 5.12. The van der Waals surface area contributed by atoms with Crippen molar-refractivity contribution in [3.05, 3.63) is 57.6 Å². The summed E-state index contributed by atoms with van der Waals surface area (Å²) in [7, 11) is 1.84. The van der Waals surface area contributed by atoms with Crippen molar-refractivity contribution in [1.29, 1.82) is 0 Å². The topological polar surface area (TPSA) is 41.5 Å². The summed E-state index contributed by atoms with van der Waals surface area (Å²) in [6.45, 7) is 0.933. The molecule has 0 aliphatic rings. The number of nitrogens with one attached hydrogen (secondary N) is 1. The number of rotatable bonds is 5. The first-order valence-corrected chi connectivity index (χ1v) is 6.89. The zero-order valence-corrected chi connectivity index (χ0v) is 12.5. The highest BCUT2D eigenvalue weighted by Crippen LogP contribution is 2.33. The second-order valence-electron chi connectivity index (χ2n) is 4.36. The zero-order valence-electron chi connectivity index (χ0n) is 11.0. The molecule has 0 unspecified atom stereocenters. The number of ether oxygens (including phenoxy) is 1. The van der Waals surface area contributed by atoms with E-state index in [0.29, 0.717) is 28.9 Å². The van der Waals surface area contributed by atoms with Crippen LogP contribution in [0.1, 0.15) is 11.1 Å². The molecule has 0 aliphatic carbocycles. The second kappa shape index (κ2) is 6.84. The van der Waals surface area contributed by atoms with E-state index in [4.69, 9.17) is 27.9 Å². The molecule has 2 rings (SSSR count). The fourth-order valence-electron chi connectivity index (χ4n) is 1.90. The second-order valence-corrected chi connectivity index (χ2v) is 5.21. The van der Waals surface area contributed by atoms with Gasteiger partial charge in [-0.3, -0.25) is 0 Å². The van der Waals surface area contributed by atoms with Crippen LogP contribution in [0.2, 0.25) is 10.0 Å². The number of hydrogen-bond donors (Lipinski definition) is 2. The molecule has 0 radical (unpaired) electrons. The Balaban J connectivity index is 2.20. The minimum Gasteiger partial charge on any atom is -0.508 e. The van der Waals surface area contributed by atoms with Crippen LogP contribution in [0.3, 0.4) is 0 Å². The lowest BCUT2D eigenvalue weighted by molar-refractivity contribution is 0.302. The maximum Gasteiger partial charge on any atom is 0.142 e. The molecule has 20 heavy (non-hydrogen) atoms. The van der Waals surface area contributed by atoms with E-state index in [2.05, 4.69) is 5.32 Å². The molecule has 0 aromatic heterocycles. The number of hydrogen-bond acceptors (Lipinski definition) is 3. The highest BCUT2D eigenvalue weighted by molar-refractivity contribution is 6.35. The zero-order chi connectivity index (χ0) is 14.5. The highest BCUT2D eigenvalue weighted by atomic mass is 35.5. The van der Waals surface area contributed by atoms with Gasteiger partial charge in [0.15, 0.2) is 0 Å². The van der Waals surface area contributed by atoms with E-state index in [1.807, 2.05) is 19.2 Å². The van der Waals surface area contributed by atoms with Crippen LogP contribution in [0.25, 0.3) is 0 Å². The minimum absolute atomic E-state index is 0.212. The van der Waals surface area contributed by atoms with Gasteiger partial charge in [0.25, 0.3) is 0 Å². The summed E-state index contributed by atoms with van der Waals surface area (Å²) in [4.78, 5) is 0. The van der Waals surface area contributed by atoms with E-state index in [9.17, 15) is 5.11 Å². The molecule has 0 heterocycles. The van der Waals surface area contributed by atoms with E-state index in [-0.39, 0.29) is 5.75 Å². The van der Waals surface area contributed by atoms with Crippen LogP contribution in [0.5, 0.6) is 11.5 Å².